The van der Waals surface area contributed by atoms with Gasteiger partial charge in [-0.3, -0.25) is 0 Å². The molecule has 4 heteroatoms. The lowest BCUT2D eigenvalue weighted by molar-refractivity contribution is 0.838. The van der Waals surface area contributed by atoms with Crippen molar-refractivity contribution < 1.29 is 0 Å². The molecule has 17 heavy (non-hydrogen) atoms. The minimum atomic E-state index is 0.318. The number of hydrogen-bond donors (Lipinski definition) is 0. The number of nitrogens with zero attached hydrogens (tertiary/aromatic N) is 2. The van der Waals surface area contributed by atoms with Crippen LogP contribution >= 0.6 is 22.9 Å². The highest BCUT2D eigenvalue weighted by Crippen LogP contribution is 2.26. The van der Waals surface area contributed by atoms with Crippen LogP contribution < -0.4 is 0 Å². The lowest BCUT2D eigenvalue weighted by Crippen LogP contribution is -1.94. The Labute approximate surface area is 111 Å². The third-order valence-corrected chi connectivity index (χ3v) is 4.11. The van der Waals surface area contributed by atoms with Crippen LogP contribution in [-0.4, -0.2) is 16.1 Å². The molecule has 0 amide bonds. The van der Waals surface area contributed by atoms with E-state index in [0.29, 0.717) is 11.8 Å². The van der Waals surface area contributed by atoms with Crippen molar-refractivity contribution >= 4 is 22.9 Å². The van der Waals surface area contributed by atoms with Gasteiger partial charge in [-0.15, -0.1) is 33.1 Å². The Morgan fingerprint density at radius 2 is 2.00 bits per heavy atom. The first-order valence-electron chi connectivity index (χ1n) is 5.74. The van der Waals surface area contributed by atoms with Crippen molar-refractivity contribution in [1.82, 2.24) is 10.2 Å². The Morgan fingerprint density at radius 3 is 2.71 bits per heavy atom. The first kappa shape index (κ1) is 12.5. The van der Waals surface area contributed by atoms with Crippen LogP contribution in [0.1, 0.15) is 34.8 Å². The fraction of sp³-hybridized carbons (Fsp3) is 0.385. The van der Waals surface area contributed by atoms with Crippen LogP contribution in [0.5, 0.6) is 0 Å². The van der Waals surface area contributed by atoms with Gasteiger partial charge in [0.1, 0.15) is 10.0 Å². The van der Waals surface area contributed by atoms with Gasteiger partial charge in [0.25, 0.3) is 0 Å². The second-order valence-corrected chi connectivity index (χ2v) is 5.43. The highest BCUT2D eigenvalue weighted by atomic mass is 35.5. The number of aromatic nitrogens is 2. The van der Waals surface area contributed by atoms with E-state index in [-0.39, 0.29) is 0 Å². The minimum absolute atomic E-state index is 0.318. The number of halogens is 1. The van der Waals surface area contributed by atoms with Crippen LogP contribution in [0, 0.1) is 0 Å². The van der Waals surface area contributed by atoms with Crippen molar-refractivity contribution in [3.63, 3.8) is 0 Å². The molecule has 2 rings (SSSR count). The molecule has 0 saturated carbocycles. The molecule has 1 aromatic heterocycles. The zero-order chi connectivity index (χ0) is 12.1. The van der Waals surface area contributed by atoms with Crippen molar-refractivity contribution in [3.05, 3.63) is 45.9 Å². The Morgan fingerprint density at radius 1 is 1.24 bits per heavy atom. The smallest absolute Gasteiger partial charge is 0.124 e. The molecule has 0 aliphatic rings. The number of rotatable bonds is 5. The van der Waals surface area contributed by atoms with Crippen LogP contribution in [-0.2, 0) is 6.42 Å². The summed E-state index contributed by atoms with van der Waals surface area (Å²) in [6.45, 7) is 2.17. The summed E-state index contributed by atoms with van der Waals surface area (Å²) in [6, 6.07) is 10.4. The summed E-state index contributed by atoms with van der Waals surface area (Å²) < 4.78 is 0. The fourth-order valence-corrected chi connectivity index (χ4v) is 2.74. The van der Waals surface area contributed by atoms with E-state index in [4.69, 9.17) is 11.6 Å². The molecule has 2 nitrogen and oxygen atoms in total. The number of hydrogen-bond acceptors (Lipinski definition) is 3. The molecule has 0 bridgehead atoms. The van der Waals surface area contributed by atoms with Gasteiger partial charge in [-0.25, -0.2) is 0 Å². The minimum Gasteiger partial charge on any atom is -0.144 e. The molecule has 0 fully saturated rings. The molecule has 1 unspecified atom stereocenters. The van der Waals surface area contributed by atoms with E-state index in [2.05, 4.69) is 41.4 Å². The maximum Gasteiger partial charge on any atom is 0.124 e. The Bertz CT molecular complexity index is 455. The average Bonchev–Trinajstić information content (AvgIpc) is 2.85. The lowest BCUT2D eigenvalue weighted by Gasteiger charge is -2.06. The summed E-state index contributed by atoms with van der Waals surface area (Å²) in [5.41, 5.74) is 1.28. The quantitative estimate of drug-likeness (QED) is 0.768. The van der Waals surface area contributed by atoms with Crippen LogP contribution in [0.3, 0.4) is 0 Å². The molecule has 2 aromatic rings. The monoisotopic (exact) mass is 266 g/mol. The fourth-order valence-electron chi connectivity index (χ4n) is 1.64. The number of benzene rings is 1. The third kappa shape index (κ3) is 3.27. The van der Waals surface area contributed by atoms with Crippen molar-refractivity contribution in [1.29, 1.82) is 0 Å². The maximum absolute atomic E-state index is 5.67. The molecule has 0 saturated heterocycles. The van der Waals surface area contributed by atoms with Crippen LogP contribution in [0.4, 0.5) is 0 Å². The molecule has 90 valence electrons. The summed E-state index contributed by atoms with van der Waals surface area (Å²) in [4.78, 5) is 0. The molecular weight excluding hydrogens is 252 g/mol. The van der Waals surface area contributed by atoms with E-state index in [1.807, 2.05) is 6.07 Å². The van der Waals surface area contributed by atoms with Gasteiger partial charge >= 0.3 is 0 Å². The van der Waals surface area contributed by atoms with E-state index < -0.39 is 0 Å². The van der Waals surface area contributed by atoms with E-state index >= 15 is 0 Å². The molecule has 0 spiro atoms. The highest BCUT2D eigenvalue weighted by Gasteiger charge is 2.13. The Balaban J connectivity index is 2.09. The number of aryl methyl sites for hydroxylation is 1. The normalized spacial score (nSPS) is 12.6. The lowest BCUT2D eigenvalue weighted by atomic mass is 10.0. The first-order chi connectivity index (χ1) is 8.31. The predicted octanol–water partition coefficient (Wildman–Crippen LogP) is 3.86. The van der Waals surface area contributed by atoms with Gasteiger partial charge in [-0.05, 0) is 12.0 Å². The van der Waals surface area contributed by atoms with E-state index in [1.54, 1.807) is 11.3 Å². The topological polar surface area (TPSA) is 25.8 Å². The molecule has 1 aromatic carbocycles. The molecule has 1 atom stereocenters. The standard InChI is InChI=1S/C13H15ClN2S/c1-10(11-6-3-2-4-7-11)13-16-15-12(17-13)8-5-9-14/h2-4,6-7,10H,5,8-9H2,1H3. The number of alkyl halides is 1. The third-order valence-electron chi connectivity index (χ3n) is 2.68. The first-order valence-corrected chi connectivity index (χ1v) is 7.09. The van der Waals surface area contributed by atoms with Crippen molar-refractivity contribution in [3.8, 4) is 0 Å². The summed E-state index contributed by atoms with van der Waals surface area (Å²) in [5.74, 6) is 1.00. The average molecular weight is 267 g/mol. The van der Waals surface area contributed by atoms with Crippen molar-refractivity contribution in [2.24, 2.45) is 0 Å². The van der Waals surface area contributed by atoms with E-state index in [1.165, 1.54) is 5.56 Å². The maximum atomic E-state index is 5.67. The SMILES string of the molecule is CC(c1ccccc1)c1nnc(CCCCl)s1. The van der Waals surface area contributed by atoms with Gasteiger partial charge in [-0.2, -0.15) is 0 Å². The Hall–Kier alpha value is -0.930. The van der Waals surface area contributed by atoms with Gasteiger partial charge in [0.2, 0.25) is 0 Å². The molecule has 0 N–H and O–H groups in total. The van der Waals surface area contributed by atoms with Gasteiger partial charge in [0, 0.05) is 18.2 Å². The molecule has 1 heterocycles. The molecule has 0 radical (unpaired) electrons. The largest absolute Gasteiger partial charge is 0.144 e. The van der Waals surface area contributed by atoms with E-state index in [0.717, 1.165) is 22.9 Å². The molecular formula is C13H15ClN2S. The summed E-state index contributed by atoms with van der Waals surface area (Å²) in [6.07, 6.45) is 1.90. The van der Waals surface area contributed by atoms with Gasteiger partial charge in [0.15, 0.2) is 0 Å². The van der Waals surface area contributed by atoms with Crippen LogP contribution in [0.2, 0.25) is 0 Å². The summed E-state index contributed by atoms with van der Waals surface area (Å²) >= 11 is 7.37. The zero-order valence-corrected chi connectivity index (χ0v) is 11.3. The van der Waals surface area contributed by atoms with Gasteiger partial charge in [0.05, 0.1) is 0 Å². The second kappa shape index (κ2) is 6.12. The van der Waals surface area contributed by atoms with Crippen molar-refractivity contribution in [2.45, 2.75) is 25.7 Å². The summed E-state index contributed by atoms with van der Waals surface area (Å²) in [5, 5.41) is 10.7. The van der Waals surface area contributed by atoms with Crippen LogP contribution in [0.15, 0.2) is 30.3 Å². The highest BCUT2D eigenvalue weighted by molar-refractivity contribution is 7.11. The van der Waals surface area contributed by atoms with Gasteiger partial charge < -0.3 is 0 Å². The van der Waals surface area contributed by atoms with Crippen LogP contribution in [0.25, 0.3) is 0 Å². The zero-order valence-electron chi connectivity index (χ0n) is 9.77. The molecule has 0 aliphatic carbocycles. The second-order valence-electron chi connectivity index (χ2n) is 3.96. The van der Waals surface area contributed by atoms with E-state index in [9.17, 15) is 0 Å². The van der Waals surface area contributed by atoms with Gasteiger partial charge in [-0.1, -0.05) is 37.3 Å². The molecule has 0 aliphatic heterocycles. The Kier molecular flexibility index (Phi) is 4.51. The summed E-state index contributed by atoms with van der Waals surface area (Å²) in [7, 11) is 0. The predicted molar refractivity (Wildman–Crippen MR) is 72.9 cm³/mol. The van der Waals surface area contributed by atoms with Crippen molar-refractivity contribution in [2.75, 3.05) is 5.88 Å².